The molecule has 2 saturated heterocycles. The first-order valence-electron chi connectivity index (χ1n) is 9.75. The Hall–Kier alpha value is -1.65. The number of rotatable bonds is 4. The molecule has 2 fully saturated rings. The molecule has 0 spiro atoms. The fraction of sp³-hybridized carbons (Fsp3) is 0.600. The Morgan fingerprint density at radius 3 is 2.55 bits per heavy atom. The molecule has 2 heterocycles. The van der Waals surface area contributed by atoms with Crippen LogP contribution in [-0.4, -0.2) is 63.7 Å². The second-order valence-electron chi connectivity index (χ2n) is 7.41. The van der Waals surface area contributed by atoms with E-state index in [-0.39, 0.29) is 35.9 Å². The van der Waals surface area contributed by atoms with Gasteiger partial charge in [-0.1, -0.05) is 0 Å². The number of nitrogens with zero attached hydrogens (tertiary/aromatic N) is 3. The van der Waals surface area contributed by atoms with Crippen LogP contribution >= 0.6 is 24.0 Å². The number of anilines is 1. The average molecular weight is 522 g/mol. The van der Waals surface area contributed by atoms with E-state index in [1.807, 2.05) is 0 Å². The number of aliphatic imine (C=N–C) groups is 1. The quantitative estimate of drug-likeness (QED) is 0.286. The maximum atomic E-state index is 13.5. The number of carbonyl (C=O) groups is 1. The molecular weight excluding hydrogens is 493 g/mol. The molecule has 0 saturated carbocycles. The van der Waals surface area contributed by atoms with E-state index < -0.39 is 11.6 Å². The van der Waals surface area contributed by atoms with Gasteiger partial charge in [0.1, 0.15) is 0 Å². The number of nitrogens with one attached hydrogen (secondary N) is 1. The highest BCUT2D eigenvalue weighted by Crippen LogP contribution is 2.25. The molecule has 1 N–H and O–H groups in total. The molecule has 3 rings (SSSR count). The van der Waals surface area contributed by atoms with Crippen molar-refractivity contribution in [2.24, 2.45) is 16.8 Å². The summed E-state index contributed by atoms with van der Waals surface area (Å²) in [6, 6.07) is 4.06. The van der Waals surface area contributed by atoms with Gasteiger partial charge in [0, 0.05) is 51.5 Å². The highest BCUT2D eigenvalue weighted by molar-refractivity contribution is 14.0. The molecule has 0 aliphatic carbocycles. The molecule has 9 heteroatoms. The molecule has 2 aliphatic heterocycles. The summed E-state index contributed by atoms with van der Waals surface area (Å²) in [5, 5.41) is 3.43. The van der Waals surface area contributed by atoms with Crippen molar-refractivity contribution in [2.75, 3.05) is 51.8 Å². The molecule has 1 aromatic carbocycles. The van der Waals surface area contributed by atoms with E-state index in [1.165, 1.54) is 19.2 Å². The van der Waals surface area contributed by atoms with Crippen molar-refractivity contribution in [3.8, 4) is 0 Å². The van der Waals surface area contributed by atoms with Gasteiger partial charge < -0.3 is 19.9 Å². The van der Waals surface area contributed by atoms with Gasteiger partial charge in [-0.15, -0.1) is 24.0 Å². The number of methoxy groups -OCH3 is 1. The monoisotopic (exact) mass is 522 g/mol. The summed E-state index contributed by atoms with van der Waals surface area (Å²) in [5.41, 5.74) is 0.718. The van der Waals surface area contributed by atoms with E-state index >= 15 is 0 Å². The fourth-order valence-electron chi connectivity index (χ4n) is 3.98. The summed E-state index contributed by atoms with van der Waals surface area (Å²) in [4.78, 5) is 20.3. The van der Waals surface area contributed by atoms with E-state index in [4.69, 9.17) is 4.74 Å². The first-order valence-corrected chi connectivity index (χ1v) is 9.75. The number of carbonyl (C=O) groups excluding carboxylic acids is 1. The third-order valence-electron chi connectivity index (χ3n) is 5.64. The van der Waals surface area contributed by atoms with Crippen LogP contribution in [0.5, 0.6) is 0 Å². The first-order chi connectivity index (χ1) is 13.5. The topological polar surface area (TPSA) is 57.2 Å². The summed E-state index contributed by atoms with van der Waals surface area (Å²) < 4.78 is 31.4. The Balaban J connectivity index is 0.00000300. The van der Waals surface area contributed by atoms with Crippen LogP contribution in [0.15, 0.2) is 23.2 Å². The Labute approximate surface area is 187 Å². The summed E-state index contributed by atoms with van der Waals surface area (Å²) in [7, 11) is 3.19. The van der Waals surface area contributed by atoms with Gasteiger partial charge in [0.25, 0.3) is 0 Å². The molecule has 2 aliphatic rings. The summed E-state index contributed by atoms with van der Waals surface area (Å²) >= 11 is 0. The average Bonchev–Trinajstić information content (AvgIpc) is 3.19. The molecule has 29 heavy (non-hydrogen) atoms. The zero-order valence-corrected chi connectivity index (χ0v) is 19.2. The molecule has 162 valence electrons. The molecule has 0 aromatic heterocycles. The molecule has 0 bridgehead atoms. The van der Waals surface area contributed by atoms with E-state index in [0.29, 0.717) is 5.92 Å². The molecule has 6 nitrogen and oxygen atoms in total. The summed E-state index contributed by atoms with van der Waals surface area (Å²) in [5.74, 6) is -0.549. The van der Waals surface area contributed by atoms with Crippen LogP contribution in [0.2, 0.25) is 0 Å². The normalized spacial score (nSPS) is 20.4. The molecular formula is C20H29F2IN4O2. The minimum absolute atomic E-state index is 0. The first kappa shape index (κ1) is 23.6. The van der Waals surface area contributed by atoms with Gasteiger partial charge in [-0.3, -0.25) is 9.79 Å². The predicted octanol–water partition coefficient (Wildman–Crippen LogP) is 2.87. The van der Waals surface area contributed by atoms with Crippen LogP contribution in [-0.2, 0) is 9.53 Å². The van der Waals surface area contributed by atoms with E-state index in [2.05, 4.69) is 20.1 Å². The van der Waals surface area contributed by atoms with Crippen LogP contribution in [0.3, 0.4) is 0 Å². The van der Waals surface area contributed by atoms with Crippen LogP contribution in [0, 0.1) is 23.5 Å². The minimum Gasteiger partial charge on any atom is -0.469 e. The Morgan fingerprint density at radius 2 is 1.93 bits per heavy atom. The lowest BCUT2D eigenvalue weighted by molar-refractivity contribution is -0.146. The second-order valence-corrected chi connectivity index (χ2v) is 7.41. The number of hydrogen-bond acceptors (Lipinski definition) is 4. The van der Waals surface area contributed by atoms with Gasteiger partial charge in [0.2, 0.25) is 0 Å². The lowest BCUT2D eigenvalue weighted by atomic mass is 9.97. The number of likely N-dealkylation sites (tertiary alicyclic amines) is 1. The predicted molar refractivity (Wildman–Crippen MR) is 120 cm³/mol. The number of halogens is 3. The molecule has 1 atom stereocenters. The maximum Gasteiger partial charge on any atom is 0.308 e. The Morgan fingerprint density at radius 1 is 1.21 bits per heavy atom. The lowest BCUT2D eigenvalue weighted by Crippen LogP contribution is -2.47. The molecule has 0 amide bonds. The Bertz CT molecular complexity index is 726. The van der Waals surface area contributed by atoms with Crippen LogP contribution in [0.25, 0.3) is 0 Å². The number of guanidine groups is 1. The van der Waals surface area contributed by atoms with Crippen molar-refractivity contribution in [1.29, 1.82) is 0 Å². The van der Waals surface area contributed by atoms with E-state index in [0.717, 1.165) is 63.6 Å². The largest absolute Gasteiger partial charge is 0.469 e. The SMILES string of the molecule is CN=C(NCC1CCN(c2ccc(F)c(F)c2)C1)N1CCC(C(=O)OC)CC1.I. The van der Waals surface area contributed by atoms with Crippen LogP contribution < -0.4 is 10.2 Å². The number of hydrogen-bond donors (Lipinski definition) is 1. The fourth-order valence-corrected chi connectivity index (χ4v) is 3.98. The van der Waals surface area contributed by atoms with Crippen LogP contribution in [0.1, 0.15) is 19.3 Å². The zero-order valence-electron chi connectivity index (χ0n) is 16.9. The van der Waals surface area contributed by atoms with Gasteiger partial charge in [0.15, 0.2) is 17.6 Å². The van der Waals surface area contributed by atoms with Gasteiger partial charge in [0.05, 0.1) is 13.0 Å². The zero-order chi connectivity index (χ0) is 20.1. The lowest BCUT2D eigenvalue weighted by Gasteiger charge is -2.33. The van der Waals surface area contributed by atoms with Crippen molar-refractivity contribution in [3.63, 3.8) is 0 Å². The van der Waals surface area contributed by atoms with Crippen molar-refractivity contribution in [1.82, 2.24) is 10.2 Å². The van der Waals surface area contributed by atoms with Gasteiger partial charge in [-0.05, 0) is 37.3 Å². The van der Waals surface area contributed by atoms with Crippen molar-refractivity contribution in [3.05, 3.63) is 29.8 Å². The number of ether oxygens (including phenoxy) is 1. The third kappa shape index (κ3) is 5.93. The van der Waals surface area contributed by atoms with Crippen LogP contribution in [0.4, 0.5) is 14.5 Å². The van der Waals surface area contributed by atoms with Gasteiger partial charge >= 0.3 is 5.97 Å². The maximum absolute atomic E-state index is 13.5. The number of esters is 1. The van der Waals surface area contributed by atoms with Crippen molar-refractivity contribution >= 4 is 41.6 Å². The minimum atomic E-state index is -0.819. The van der Waals surface area contributed by atoms with Gasteiger partial charge in [-0.2, -0.15) is 0 Å². The summed E-state index contributed by atoms with van der Waals surface area (Å²) in [6.45, 7) is 3.92. The number of piperidine rings is 1. The second kappa shape index (κ2) is 10.9. The Kier molecular flexibility index (Phi) is 8.91. The molecule has 0 radical (unpaired) electrons. The third-order valence-corrected chi connectivity index (χ3v) is 5.64. The van der Waals surface area contributed by atoms with Gasteiger partial charge in [-0.25, -0.2) is 8.78 Å². The smallest absolute Gasteiger partial charge is 0.308 e. The van der Waals surface area contributed by atoms with Crippen molar-refractivity contribution in [2.45, 2.75) is 19.3 Å². The highest BCUT2D eigenvalue weighted by atomic mass is 127. The molecule has 1 unspecified atom stereocenters. The van der Waals surface area contributed by atoms with E-state index in [1.54, 1.807) is 13.1 Å². The summed E-state index contributed by atoms with van der Waals surface area (Å²) in [6.07, 6.45) is 2.51. The standard InChI is InChI=1S/C20H28F2N4O2.HI/c1-23-20(25-9-6-15(7-10-25)19(27)28-2)24-12-14-5-8-26(13-14)16-3-4-17(21)18(22)11-16;/h3-4,11,14-15H,5-10,12-13H2,1-2H3,(H,23,24);1H. The number of benzene rings is 1. The highest BCUT2D eigenvalue weighted by Gasteiger charge is 2.28. The molecule has 1 aromatic rings. The van der Waals surface area contributed by atoms with E-state index in [9.17, 15) is 13.6 Å². The van der Waals surface area contributed by atoms with Crippen molar-refractivity contribution < 1.29 is 18.3 Å².